The minimum absolute atomic E-state index is 0.0867. The highest BCUT2D eigenvalue weighted by Crippen LogP contribution is 2.10. The van der Waals surface area contributed by atoms with Gasteiger partial charge in [0.05, 0.1) is 18.2 Å². The first-order valence-electron chi connectivity index (χ1n) is 5.70. The molecule has 0 aliphatic rings. The zero-order chi connectivity index (χ0) is 13.4. The second kappa shape index (κ2) is 7.30. The number of benzene rings is 1. The molecule has 1 aromatic carbocycles. The Kier molecular flexibility index (Phi) is 5.68. The predicted molar refractivity (Wildman–Crippen MR) is 69.1 cm³/mol. The quantitative estimate of drug-likeness (QED) is 0.739. The first kappa shape index (κ1) is 14.0. The van der Waals surface area contributed by atoms with E-state index in [4.69, 9.17) is 10.00 Å². The smallest absolute Gasteiger partial charge is 0.242 e. The number of anilines is 1. The molecule has 1 unspecified atom stereocenters. The van der Waals surface area contributed by atoms with Crippen molar-refractivity contribution in [1.29, 1.82) is 5.26 Å². The molecule has 1 rings (SSSR count). The van der Waals surface area contributed by atoms with E-state index in [0.29, 0.717) is 18.7 Å². The highest BCUT2D eigenvalue weighted by Gasteiger charge is 2.11. The zero-order valence-electron chi connectivity index (χ0n) is 10.6. The molecule has 5 nitrogen and oxygen atoms in total. The predicted octanol–water partition coefficient (Wildman–Crippen LogP) is 1.12. The van der Waals surface area contributed by atoms with Crippen molar-refractivity contribution in [3.8, 4) is 6.07 Å². The number of amides is 1. The molecule has 0 fully saturated rings. The molecule has 1 aromatic rings. The van der Waals surface area contributed by atoms with Crippen molar-refractivity contribution in [2.75, 3.05) is 25.6 Å². The second-order valence-electron chi connectivity index (χ2n) is 3.84. The molecule has 1 amide bonds. The summed E-state index contributed by atoms with van der Waals surface area (Å²) >= 11 is 0. The maximum absolute atomic E-state index is 11.7. The fourth-order valence-corrected chi connectivity index (χ4v) is 1.39. The van der Waals surface area contributed by atoms with Crippen LogP contribution < -0.4 is 10.6 Å². The summed E-state index contributed by atoms with van der Waals surface area (Å²) < 4.78 is 4.85. The number of methoxy groups -OCH3 is 1. The van der Waals surface area contributed by atoms with Gasteiger partial charge in [0, 0.05) is 19.3 Å². The van der Waals surface area contributed by atoms with Crippen molar-refractivity contribution >= 4 is 11.6 Å². The summed E-state index contributed by atoms with van der Waals surface area (Å²) in [7, 11) is 1.59. The van der Waals surface area contributed by atoms with Crippen molar-refractivity contribution in [2.45, 2.75) is 13.0 Å². The molecule has 0 spiro atoms. The topological polar surface area (TPSA) is 74.2 Å². The molecule has 1 atom stereocenters. The van der Waals surface area contributed by atoms with Crippen LogP contribution in [0.3, 0.4) is 0 Å². The summed E-state index contributed by atoms with van der Waals surface area (Å²) in [6, 6.07) is 8.67. The molecule has 0 saturated carbocycles. The Morgan fingerprint density at radius 1 is 1.44 bits per heavy atom. The lowest BCUT2D eigenvalue weighted by Crippen LogP contribution is -2.39. The Hall–Kier alpha value is -2.06. The van der Waals surface area contributed by atoms with Crippen LogP contribution >= 0.6 is 0 Å². The van der Waals surface area contributed by atoms with Crippen LogP contribution in [-0.4, -0.2) is 32.2 Å². The Morgan fingerprint density at radius 2 is 2.11 bits per heavy atom. The molecular formula is C13H17N3O2. The van der Waals surface area contributed by atoms with Gasteiger partial charge in [-0.15, -0.1) is 0 Å². The number of hydrogen-bond donors (Lipinski definition) is 2. The maximum atomic E-state index is 11.7. The van der Waals surface area contributed by atoms with Crippen molar-refractivity contribution in [3.05, 3.63) is 29.8 Å². The molecule has 0 bridgehead atoms. The van der Waals surface area contributed by atoms with Gasteiger partial charge < -0.3 is 15.4 Å². The van der Waals surface area contributed by atoms with Crippen LogP contribution in [0.5, 0.6) is 0 Å². The zero-order valence-corrected chi connectivity index (χ0v) is 10.6. The third-order valence-corrected chi connectivity index (χ3v) is 2.40. The minimum atomic E-state index is -0.338. The number of carbonyl (C=O) groups is 1. The van der Waals surface area contributed by atoms with Gasteiger partial charge in [-0.3, -0.25) is 4.79 Å². The van der Waals surface area contributed by atoms with E-state index in [2.05, 4.69) is 10.6 Å². The number of nitrogens with one attached hydrogen (secondary N) is 2. The molecular weight excluding hydrogens is 230 g/mol. The molecule has 0 heterocycles. The molecule has 0 radical (unpaired) electrons. The highest BCUT2D eigenvalue weighted by atomic mass is 16.5. The molecule has 5 heteroatoms. The van der Waals surface area contributed by atoms with Gasteiger partial charge in [-0.2, -0.15) is 5.26 Å². The van der Waals surface area contributed by atoms with Crippen LogP contribution in [0.25, 0.3) is 0 Å². The highest BCUT2D eigenvalue weighted by molar-refractivity contribution is 5.84. The minimum Gasteiger partial charge on any atom is -0.383 e. The average molecular weight is 247 g/mol. The summed E-state index contributed by atoms with van der Waals surface area (Å²) in [6.07, 6.45) is 0. The van der Waals surface area contributed by atoms with Gasteiger partial charge in [-0.1, -0.05) is 0 Å². The van der Waals surface area contributed by atoms with Crippen LogP contribution in [-0.2, 0) is 9.53 Å². The van der Waals surface area contributed by atoms with Crippen molar-refractivity contribution < 1.29 is 9.53 Å². The fraction of sp³-hybridized carbons (Fsp3) is 0.385. The Labute approximate surface area is 107 Å². The van der Waals surface area contributed by atoms with Gasteiger partial charge in [0.1, 0.15) is 6.04 Å². The van der Waals surface area contributed by atoms with Gasteiger partial charge in [-0.05, 0) is 31.2 Å². The normalized spacial score (nSPS) is 11.4. The van der Waals surface area contributed by atoms with Crippen LogP contribution in [0.1, 0.15) is 12.5 Å². The SMILES string of the molecule is COCCNC(=O)C(C)Nc1ccc(C#N)cc1. The first-order chi connectivity index (χ1) is 8.67. The lowest BCUT2D eigenvalue weighted by atomic mass is 10.2. The lowest BCUT2D eigenvalue weighted by molar-refractivity contribution is -0.121. The largest absolute Gasteiger partial charge is 0.383 e. The third kappa shape index (κ3) is 4.44. The Morgan fingerprint density at radius 3 is 2.67 bits per heavy atom. The number of carbonyl (C=O) groups excluding carboxylic acids is 1. The lowest BCUT2D eigenvalue weighted by Gasteiger charge is -2.15. The van der Waals surface area contributed by atoms with E-state index in [-0.39, 0.29) is 11.9 Å². The summed E-state index contributed by atoms with van der Waals surface area (Å²) in [6.45, 7) is 2.77. The number of ether oxygens (including phenoxy) is 1. The third-order valence-electron chi connectivity index (χ3n) is 2.40. The Bertz CT molecular complexity index is 423. The maximum Gasteiger partial charge on any atom is 0.242 e. The number of rotatable bonds is 6. The summed E-state index contributed by atoms with van der Waals surface area (Å²) in [5.41, 5.74) is 1.40. The molecule has 96 valence electrons. The van der Waals surface area contributed by atoms with Crippen LogP contribution in [0, 0.1) is 11.3 Å². The van der Waals surface area contributed by atoms with E-state index in [1.807, 2.05) is 6.07 Å². The number of hydrogen-bond acceptors (Lipinski definition) is 4. The fourth-order valence-electron chi connectivity index (χ4n) is 1.39. The van der Waals surface area contributed by atoms with Gasteiger partial charge in [0.15, 0.2) is 0 Å². The standard InChI is InChI=1S/C13H17N3O2/c1-10(13(17)15-7-8-18-2)16-12-5-3-11(9-14)4-6-12/h3-6,10,16H,7-8H2,1-2H3,(H,15,17). The molecule has 2 N–H and O–H groups in total. The van der Waals surface area contributed by atoms with Gasteiger partial charge in [-0.25, -0.2) is 0 Å². The van der Waals surface area contributed by atoms with E-state index >= 15 is 0 Å². The molecule has 0 aliphatic carbocycles. The second-order valence-corrected chi connectivity index (χ2v) is 3.84. The molecule has 0 saturated heterocycles. The van der Waals surface area contributed by atoms with E-state index in [0.717, 1.165) is 5.69 Å². The summed E-state index contributed by atoms with van der Waals surface area (Å²) in [4.78, 5) is 11.7. The first-order valence-corrected chi connectivity index (χ1v) is 5.70. The van der Waals surface area contributed by atoms with Crippen molar-refractivity contribution in [1.82, 2.24) is 5.32 Å². The molecule has 0 aliphatic heterocycles. The van der Waals surface area contributed by atoms with Gasteiger partial charge >= 0.3 is 0 Å². The van der Waals surface area contributed by atoms with Crippen LogP contribution in [0.4, 0.5) is 5.69 Å². The van der Waals surface area contributed by atoms with Gasteiger partial charge in [0.25, 0.3) is 0 Å². The molecule has 0 aromatic heterocycles. The number of nitriles is 1. The summed E-state index contributed by atoms with van der Waals surface area (Å²) in [5, 5.41) is 14.5. The van der Waals surface area contributed by atoms with E-state index < -0.39 is 0 Å². The van der Waals surface area contributed by atoms with E-state index in [1.165, 1.54) is 0 Å². The van der Waals surface area contributed by atoms with E-state index in [1.54, 1.807) is 38.3 Å². The van der Waals surface area contributed by atoms with E-state index in [9.17, 15) is 4.79 Å². The van der Waals surface area contributed by atoms with Crippen LogP contribution in [0.2, 0.25) is 0 Å². The number of nitrogens with zero attached hydrogens (tertiary/aromatic N) is 1. The Balaban J connectivity index is 2.45. The average Bonchev–Trinajstić information content (AvgIpc) is 2.39. The van der Waals surface area contributed by atoms with Crippen molar-refractivity contribution in [2.24, 2.45) is 0 Å². The van der Waals surface area contributed by atoms with Crippen molar-refractivity contribution in [3.63, 3.8) is 0 Å². The van der Waals surface area contributed by atoms with Crippen LogP contribution in [0.15, 0.2) is 24.3 Å². The monoisotopic (exact) mass is 247 g/mol. The molecule has 18 heavy (non-hydrogen) atoms. The van der Waals surface area contributed by atoms with Gasteiger partial charge in [0.2, 0.25) is 5.91 Å². The summed E-state index contributed by atoms with van der Waals surface area (Å²) in [5.74, 6) is -0.0867.